The van der Waals surface area contributed by atoms with Crippen LogP contribution in [0.2, 0.25) is 0 Å². The molecule has 0 aliphatic rings. The molecule has 0 bridgehead atoms. The van der Waals surface area contributed by atoms with Crippen LogP contribution in [-0.2, 0) is 0 Å². The summed E-state index contributed by atoms with van der Waals surface area (Å²) in [5, 5.41) is 0. The monoisotopic (exact) mass is 287 g/mol. The summed E-state index contributed by atoms with van der Waals surface area (Å²) < 4.78 is 11.7. The van der Waals surface area contributed by atoms with E-state index in [0.29, 0.717) is 5.92 Å². The molecule has 1 heterocycles. The summed E-state index contributed by atoms with van der Waals surface area (Å²) >= 11 is 0. The van der Waals surface area contributed by atoms with Gasteiger partial charge in [0.25, 0.3) is 0 Å². The van der Waals surface area contributed by atoms with E-state index in [-0.39, 0.29) is 12.1 Å². The molecule has 0 aliphatic heterocycles. The van der Waals surface area contributed by atoms with Crippen molar-refractivity contribution in [3.05, 3.63) is 53.5 Å². The summed E-state index contributed by atoms with van der Waals surface area (Å²) in [7, 11) is 0. The zero-order chi connectivity index (χ0) is 15.4. The third-order valence-electron chi connectivity index (χ3n) is 3.82. The number of hydrogen-bond donors (Lipinski definition) is 1. The van der Waals surface area contributed by atoms with Crippen molar-refractivity contribution in [2.45, 2.75) is 52.2 Å². The van der Waals surface area contributed by atoms with E-state index in [1.807, 2.05) is 12.1 Å². The summed E-state index contributed by atoms with van der Waals surface area (Å²) in [6.45, 7) is 8.46. The van der Waals surface area contributed by atoms with E-state index in [1.165, 1.54) is 5.56 Å². The van der Waals surface area contributed by atoms with Crippen LogP contribution in [0.5, 0.6) is 5.75 Å². The van der Waals surface area contributed by atoms with E-state index < -0.39 is 0 Å². The predicted molar refractivity (Wildman–Crippen MR) is 85.6 cm³/mol. The highest BCUT2D eigenvalue weighted by molar-refractivity contribution is 5.38. The van der Waals surface area contributed by atoms with Crippen LogP contribution in [0.4, 0.5) is 0 Å². The highest BCUT2D eigenvalue weighted by atomic mass is 16.5. The fourth-order valence-corrected chi connectivity index (χ4v) is 2.26. The Morgan fingerprint density at radius 2 is 2.00 bits per heavy atom. The molecule has 1 aromatic heterocycles. The van der Waals surface area contributed by atoms with Gasteiger partial charge in [-0.25, -0.2) is 0 Å². The molecule has 2 rings (SSSR count). The molecule has 2 N–H and O–H groups in total. The van der Waals surface area contributed by atoms with Crippen LogP contribution in [-0.4, -0.2) is 6.04 Å². The standard InChI is InChI=1S/C18H25NO2/c1-5-15(19)18(16-7-6-10-20-16)21-17-11-14(12(2)3)9-8-13(17)4/h6-12,15,18H,5,19H2,1-4H3. The SMILES string of the molecule is CCC(N)C(Oc1cc(C(C)C)ccc1C)c1ccco1. The van der Waals surface area contributed by atoms with Crippen LogP contribution in [0.3, 0.4) is 0 Å². The van der Waals surface area contributed by atoms with E-state index in [1.54, 1.807) is 6.26 Å². The molecule has 3 nitrogen and oxygen atoms in total. The van der Waals surface area contributed by atoms with Gasteiger partial charge in [0.2, 0.25) is 0 Å². The molecule has 0 radical (unpaired) electrons. The quantitative estimate of drug-likeness (QED) is 0.846. The van der Waals surface area contributed by atoms with Crippen molar-refractivity contribution in [1.29, 1.82) is 0 Å². The van der Waals surface area contributed by atoms with Gasteiger partial charge in [-0.05, 0) is 48.6 Å². The Bertz CT molecular complexity index is 561. The molecular formula is C18H25NO2. The molecule has 0 aliphatic carbocycles. The lowest BCUT2D eigenvalue weighted by Gasteiger charge is -2.24. The average molecular weight is 287 g/mol. The second kappa shape index (κ2) is 6.81. The van der Waals surface area contributed by atoms with E-state index in [9.17, 15) is 0 Å². The van der Waals surface area contributed by atoms with Crippen LogP contribution in [0.1, 0.15) is 56.1 Å². The zero-order valence-electron chi connectivity index (χ0n) is 13.3. The maximum Gasteiger partial charge on any atom is 0.171 e. The topological polar surface area (TPSA) is 48.4 Å². The highest BCUT2D eigenvalue weighted by Gasteiger charge is 2.24. The molecular weight excluding hydrogens is 262 g/mol. The number of nitrogens with two attached hydrogens (primary N) is 1. The first-order valence-electron chi connectivity index (χ1n) is 7.59. The highest BCUT2D eigenvalue weighted by Crippen LogP contribution is 2.30. The maximum absolute atomic E-state index is 6.22. The summed E-state index contributed by atoms with van der Waals surface area (Å²) in [4.78, 5) is 0. The van der Waals surface area contributed by atoms with Crippen molar-refractivity contribution in [1.82, 2.24) is 0 Å². The summed E-state index contributed by atoms with van der Waals surface area (Å²) in [5.74, 6) is 2.13. The summed E-state index contributed by atoms with van der Waals surface area (Å²) in [5.41, 5.74) is 8.59. The van der Waals surface area contributed by atoms with Crippen LogP contribution < -0.4 is 10.5 Å². The summed E-state index contributed by atoms with van der Waals surface area (Å²) in [6.07, 6.45) is 2.23. The van der Waals surface area contributed by atoms with E-state index in [0.717, 1.165) is 23.5 Å². The molecule has 21 heavy (non-hydrogen) atoms. The van der Waals surface area contributed by atoms with Gasteiger partial charge in [-0.1, -0.05) is 32.9 Å². The van der Waals surface area contributed by atoms with Gasteiger partial charge in [0, 0.05) is 6.04 Å². The van der Waals surface area contributed by atoms with Crippen LogP contribution in [0.25, 0.3) is 0 Å². The first-order chi connectivity index (χ1) is 10.0. The van der Waals surface area contributed by atoms with Crippen LogP contribution in [0, 0.1) is 6.92 Å². The molecule has 0 fully saturated rings. The molecule has 2 atom stereocenters. The number of aryl methyl sites for hydroxylation is 1. The van der Waals surface area contributed by atoms with Gasteiger partial charge in [0.1, 0.15) is 11.5 Å². The minimum atomic E-state index is -0.258. The second-order valence-corrected chi connectivity index (χ2v) is 5.81. The number of hydrogen-bond acceptors (Lipinski definition) is 3. The van der Waals surface area contributed by atoms with Crippen LogP contribution >= 0.6 is 0 Å². The van der Waals surface area contributed by atoms with Gasteiger partial charge in [-0.2, -0.15) is 0 Å². The largest absolute Gasteiger partial charge is 0.481 e. The molecule has 0 spiro atoms. The molecule has 0 saturated heterocycles. The molecule has 0 amide bonds. The average Bonchev–Trinajstić information content (AvgIpc) is 2.99. The van der Waals surface area contributed by atoms with Crippen molar-refractivity contribution in [2.75, 3.05) is 0 Å². The van der Waals surface area contributed by atoms with Gasteiger partial charge in [0.15, 0.2) is 6.10 Å². The Balaban J connectivity index is 2.30. The molecule has 3 heteroatoms. The fraction of sp³-hybridized carbons (Fsp3) is 0.444. The molecule has 0 saturated carbocycles. The molecule has 2 unspecified atom stereocenters. The Hall–Kier alpha value is -1.74. The number of furan rings is 1. The van der Waals surface area contributed by atoms with Crippen molar-refractivity contribution < 1.29 is 9.15 Å². The first kappa shape index (κ1) is 15.6. The van der Waals surface area contributed by atoms with E-state index in [2.05, 4.69) is 45.9 Å². The van der Waals surface area contributed by atoms with Gasteiger partial charge in [0.05, 0.1) is 6.26 Å². The number of rotatable bonds is 6. The van der Waals surface area contributed by atoms with Gasteiger partial charge >= 0.3 is 0 Å². The van der Waals surface area contributed by atoms with E-state index >= 15 is 0 Å². The van der Waals surface area contributed by atoms with Gasteiger partial charge < -0.3 is 14.9 Å². The Kier molecular flexibility index (Phi) is 5.07. The molecule has 2 aromatic rings. The minimum Gasteiger partial charge on any atom is -0.481 e. The van der Waals surface area contributed by atoms with Crippen molar-refractivity contribution in [3.8, 4) is 5.75 Å². The maximum atomic E-state index is 6.22. The Morgan fingerprint density at radius 1 is 1.24 bits per heavy atom. The lowest BCUT2D eigenvalue weighted by Crippen LogP contribution is -2.31. The first-order valence-corrected chi connectivity index (χ1v) is 7.59. The van der Waals surface area contributed by atoms with Crippen LogP contribution in [0.15, 0.2) is 41.0 Å². The van der Waals surface area contributed by atoms with Gasteiger partial charge in [-0.3, -0.25) is 0 Å². The number of ether oxygens (including phenoxy) is 1. The minimum absolute atomic E-state index is 0.0988. The smallest absolute Gasteiger partial charge is 0.171 e. The second-order valence-electron chi connectivity index (χ2n) is 5.81. The Morgan fingerprint density at radius 3 is 2.57 bits per heavy atom. The normalized spacial score (nSPS) is 14.2. The third-order valence-corrected chi connectivity index (χ3v) is 3.82. The lowest BCUT2D eigenvalue weighted by molar-refractivity contribution is 0.143. The third kappa shape index (κ3) is 3.67. The van der Waals surface area contributed by atoms with Crippen molar-refractivity contribution >= 4 is 0 Å². The predicted octanol–water partition coefficient (Wildman–Crippen LogP) is 4.57. The number of benzene rings is 1. The molecule has 114 valence electrons. The van der Waals surface area contributed by atoms with Crippen molar-refractivity contribution in [2.24, 2.45) is 5.73 Å². The molecule has 1 aromatic carbocycles. The van der Waals surface area contributed by atoms with E-state index in [4.69, 9.17) is 14.9 Å². The van der Waals surface area contributed by atoms with Gasteiger partial charge in [-0.15, -0.1) is 0 Å². The zero-order valence-corrected chi connectivity index (χ0v) is 13.3. The Labute approximate surface area is 127 Å². The lowest BCUT2D eigenvalue weighted by atomic mass is 10.0. The fourth-order valence-electron chi connectivity index (χ4n) is 2.26. The summed E-state index contributed by atoms with van der Waals surface area (Å²) in [6, 6.07) is 10.0. The van der Waals surface area contributed by atoms with Crippen molar-refractivity contribution in [3.63, 3.8) is 0 Å².